The highest BCUT2D eigenvalue weighted by atomic mass is 16.6. The molecule has 3 fully saturated rings. The third-order valence-corrected chi connectivity index (χ3v) is 4.77. The van der Waals surface area contributed by atoms with Gasteiger partial charge in [-0.2, -0.15) is 0 Å². The van der Waals surface area contributed by atoms with E-state index in [1.807, 2.05) is 0 Å². The van der Waals surface area contributed by atoms with Gasteiger partial charge in [0.1, 0.15) is 6.10 Å². The highest BCUT2D eigenvalue weighted by Crippen LogP contribution is 2.51. The summed E-state index contributed by atoms with van der Waals surface area (Å²) in [6.07, 6.45) is 1.71. The second-order valence-electron chi connectivity index (χ2n) is 5.66. The Balaban J connectivity index is 2.01. The van der Waals surface area contributed by atoms with Crippen molar-refractivity contribution in [1.29, 1.82) is 0 Å². The lowest BCUT2D eigenvalue weighted by molar-refractivity contribution is -0.141. The van der Waals surface area contributed by atoms with Crippen molar-refractivity contribution in [2.45, 2.75) is 31.5 Å². The molecule has 2 saturated carbocycles. The maximum absolute atomic E-state index is 11.7. The Kier molecular flexibility index (Phi) is 2.49. The van der Waals surface area contributed by atoms with Crippen molar-refractivity contribution in [3.05, 3.63) is 36.5 Å². The minimum atomic E-state index is -0.497. The second kappa shape index (κ2) is 3.82. The van der Waals surface area contributed by atoms with Crippen LogP contribution in [0.4, 0.5) is 0 Å². The average Bonchev–Trinajstić information content (AvgIpc) is 2.72. The molecule has 0 bridgehead atoms. The molecule has 0 spiro atoms. The van der Waals surface area contributed by atoms with Gasteiger partial charge in [-0.15, -0.1) is 0 Å². The Morgan fingerprint density at radius 2 is 1.94 bits per heavy atom. The second-order valence-corrected chi connectivity index (χ2v) is 5.66. The van der Waals surface area contributed by atoms with Crippen LogP contribution in [0.25, 0.3) is 0 Å². The fraction of sp³-hybridized carbons (Fsp3) is 0.533. The molecule has 0 unspecified atom stereocenters. The van der Waals surface area contributed by atoms with Crippen molar-refractivity contribution >= 4 is 5.97 Å². The lowest BCUT2D eigenvalue weighted by Gasteiger charge is -2.25. The summed E-state index contributed by atoms with van der Waals surface area (Å²) in [6.45, 7) is 12.0. The van der Waals surface area contributed by atoms with Gasteiger partial charge >= 0.3 is 5.97 Å². The average molecular weight is 246 g/mol. The number of aliphatic hydroxyl groups is 1. The zero-order chi connectivity index (χ0) is 13.0. The molecule has 3 heteroatoms. The lowest BCUT2D eigenvalue weighted by atomic mass is 9.82. The number of carbonyl (C=O) groups excluding carboxylic acids is 1. The first-order valence-electron chi connectivity index (χ1n) is 6.45. The van der Waals surface area contributed by atoms with Crippen LogP contribution in [0.1, 0.15) is 19.3 Å². The molecule has 3 rings (SSSR count). The summed E-state index contributed by atoms with van der Waals surface area (Å²) in [5.74, 6) is -0.0128. The molecule has 3 aliphatic rings. The van der Waals surface area contributed by atoms with Gasteiger partial charge in [0.25, 0.3) is 0 Å². The summed E-state index contributed by atoms with van der Waals surface area (Å²) < 4.78 is 5.49. The van der Waals surface area contributed by atoms with Crippen molar-refractivity contribution in [2.75, 3.05) is 0 Å². The zero-order valence-corrected chi connectivity index (χ0v) is 10.4. The molecule has 2 aliphatic carbocycles. The van der Waals surface area contributed by atoms with Crippen LogP contribution in [-0.4, -0.2) is 23.3 Å². The number of rotatable bonds is 0. The monoisotopic (exact) mass is 246 g/mol. The molecule has 0 aromatic carbocycles. The van der Waals surface area contributed by atoms with E-state index in [9.17, 15) is 9.90 Å². The van der Waals surface area contributed by atoms with Gasteiger partial charge in [-0.3, -0.25) is 0 Å². The first kappa shape index (κ1) is 11.7. The minimum Gasteiger partial charge on any atom is -0.458 e. The summed E-state index contributed by atoms with van der Waals surface area (Å²) >= 11 is 0. The number of allylic oxidation sites excluding steroid dienone is 1. The van der Waals surface area contributed by atoms with Crippen LogP contribution in [0, 0.1) is 17.8 Å². The maximum Gasteiger partial charge on any atom is 0.334 e. The number of carbonyl (C=O) groups is 1. The van der Waals surface area contributed by atoms with Crippen molar-refractivity contribution in [1.82, 2.24) is 0 Å². The van der Waals surface area contributed by atoms with E-state index in [4.69, 9.17) is 4.74 Å². The van der Waals surface area contributed by atoms with Crippen LogP contribution in [0.3, 0.4) is 0 Å². The zero-order valence-electron chi connectivity index (χ0n) is 10.4. The van der Waals surface area contributed by atoms with Gasteiger partial charge in [-0.1, -0.05) is 25.3 Å². The van der Waals surface area contributed by atoms with E-state index in [0.717, 1.165) is 24.0 Å². The summed E-state index contributed by atoms with van der Waals surface area (Å²) in [7, 11) is 0. The molecular formula is C15H18O3. The Bertz CT molecular complexity index is 462. The van der Waals surface area contributed by atoms with Gasteiger partial charge in [0.15, 0.2) is 0 Å². The molecule has 1 heterocycles. The van der Waals surface area contributed by atoms with Crippen LogP contribution in [0.2, 0.25) is 0 Å². The standard InChI is InChI=1S/C15H18O3/c1-7-4-5-10-8(2)15(17)18-14(10)13-9(3)12(16)6-11(7)13/h10-14,16H,1-6H2/t10-,11+,12-,13-,14+/m0/s1. The third kappa shape index (κ3) is 1.43. The summed E-state index contributed by atoms with van der Waals surface area (Å²) in [6, 6.07) is 0. The molecule has 0 aromatic heterocycles. The Hall–Kier alpha value is -1.35. The number of fused-ring (bicyclic) bond motifs is 3. The van der Waals surface area contributed by atoms with E-state index < -0.39 is 6.10 Å². The van der Waals surface area contributed by atoms with Crippen LogP contribution in [0.5, 0.6) is 0 Å². The Morgan fingerprint density at radius 3 is 2.67 bits per heavy atom. The number of aliphatic hydroxyl groups excluding tert-OH is 1. The molecule has 96 valence electrons. The van der Waals surface area contributed by atoms with Gasteiger partial charge in [-0.25, -0.2) is 4.79 Å². The first-order valence-corrected chi connectivity index (χ1v) is 6.45. The van der Waals surface area contributed by atoms with Gasteiger partial charge in [0.2, 0.25) is 0 Å². The highest BCUT2D eigenvalue weighted by molar-refractivity contribution is 5.91. The van der Waals surface area contributed by atoms with Gasteiger partial charge in [0.05, 0.1) is 6.10 Å². The molecular weight excluding hydrogens is 228 g/mol. The topological polar surface area (TPSA) is 46.5 Å². The van der Waals surface area contributed by atoms with Crippen LogP contribution in [0.15, 0.2) is 36.5 Å². The van der Waals surface area contributed by atoms with E-state index >= 15 is 0 Å². The van der Waals surface area contributed by atoms with E-state index in [0.29, 0.717) is 12.0 Å². The van der Waals surface area contributed by atoms with Crippen molar-refractivity contribution in [2.24, 2.45) is 17.8 Å². The van der Waals surface area contributed by atoms with Crippen LogP contribution >= 0.6 is 0 Å². The van der Waals surface area contributed by atoms with Crippen LogP contribution in [-0.2, 0) is 9.53 Å². The van der Waals surface area contributed by atoms with Gasteiger partial charge < -0.3 is 9.84 Å². The van der Waals surface area contributed by atoms with Crippen molar-refractivity contribution in [3.8, 4) is 0 Å². The maximum atomic E-state index is 11.7. The van der Waals surface area contributed by atoms with Gasteiger partial charge in [-0.05, 0) is 30.8 Å². The van der Waals surface area contributed by atoms with E-state index in [-0.39, 0.29) is 29.8 Å². The van der Waals surface area contributed by atoms with E-state index in [2.05, 4.69) is 19.7 Å². The summed E-state index contributed by atoms with van der Waals surface area (Å²) in [5, 5.41) is 9.99. The van der Waals surface area contributed by atoms with Crippen LogP contribution < -0.4 is 0 Å². The van der Waals surface area contributed by atoms with E-state index in [1.165, 1.54) is 0 Å². The van der Waals surface area contributed by atoms with Crippen molar-refractivity contribution in [3.63, 3.8) is 0 Å². The molecule has 1 N–H and O–H groups in total. The SMILES string of the molecule is C=C1CC[C@H]2C(=C)C(=O)O[C@H]2[C@H]2C(=C)[C@@H](O)C[C@H]12. The smallest absolute Gasteiger partial charge is 0.334 e. The highest BCUT2D eigenvalue weighted by Gasteiger charge is 2.52. The normalized spacial score (nSPS) is 43.5. The molecule has 5 atom stereocenters. The lowest BCUT2D eigenvalue weighted by Crippen LogP contribution is -2.29. The fourth-order valence-corrected chi connectivity index (χ4v) is 3.70. The summed E-state index contributed by atoms with van der Waals surface area (Å²) in [5.41, 5.74) is 2.51. The third-order valence-electron chi connectivity index (χ3n) is 4.77. The number of hydrogen-bond donors (Lipinski definition) is 1. The minimum absolute atomic E-state index is 0.0169. The number of esters is 1. The molecule has 18 heavy (non-hydrogen) atoms. The fourth-order valence-electron chi connectivity index (χ4n) is 3.70. The van der Waals surface area contributed by atoms with Gasteiger partial charge in [0, 0.05) is 17.4 Å². The predicted octanol–water partition coefficient (Wildman–Crippen LogP) is 1.99. The molecule has 1 aliphatic heterocycles. The summed E-state index contributed by atoms with van der Waals surface area (Å²) in [4.78, 5) is 11.7. The number of ether oxygens (including phenoxy) is 1. The largest absolute Gasteiger partial charge is 0.458 e. The van der Waals surface area contributed by atoms with E-state index in [1.54, 1.807) is 0 Å². The van der Waals surface area contributed by atoms with Crippen molar-refractivity contribution < 1.29 is 14.6 Å². The first-order chi connectivity index (χ1) is 8.50. The Labute approximate surface area is 107 Å². The molecule has 0 radical (unpaired) electrons. The molecule has 0 amide bonds. The number of hydrogen-bond acceptors (Lipinski definition) is 3. The molecule has 3 nitrogen and oxygen atoms in total. The molecule has 1 saturated heterocycles. The quantitative estimate of drug-likeness (QED) is 0.404. The predicted molar refractivity (Wildman–Crippen MR) is 67.6 cm³/mol. The Morgan fingerprint density at radius 1 is 1.22 bits per heavy atom. The molecule has 0 aromatic rings.